The Kier molecular flexibility index (Phi) is 4.39. The fourth-order valence-electron chi connectivity index (χ4n) is 1.25. The second kappa shape index (κ2) is 5.58. The van der Waals surface area contributed by atoms with Crippen LogP contribution in [0.3, 0.4) is 0 Å². The van der Waals surface area contributed by atoms with E-state index in [-0.39, 0.29) is 6.04 Å². The fraction of sp³-hybridized carbons (Fsp3) is 0.455. The Labute approximate surface area is 90.2 Å². The van der Waals surface area contributed by atoms with E-state index in [0.29, 0.717) is 18.9 Å². The lowest BCUT2D eigenvalue weighted by atomic mass is 10.2. The minimum atomic E-state index is 0.0490. The molecule has 0 radical (unpaired) electrons. The number of nitrogen functional groups attached to an aromatic ring is 1. The summed E-state index contributed by atoms with van der Waals surface area (Å²) in [6.45, 7) is 2.94. The van der Waals surface area contributed by atoms with Crippen LogP contribution in [-0.4, -0.2) is 19.8 Å². The molecule has 1 rings (SSSR count). The normalized spacial score (nSPS) is 12.5. The molecule has 4 N–H and O–H groups in total. The summed E-state index contributed by atoms with van der Waals surface area (Å²) in [5.74, 6) is 0.745. The third-order valence-electron chi connectivity index (χ3n) is 1.87. The minimum absolute atomic E-state index is 0.0490. The van der Waals surface area contributed by atoms with Crippen molar-refractivity contribution in [3.05, 3.63) is 23.8 Å². The molecule has 0 saturated carbocycles. The van der Waals surface area contributed by atoms with Crippen LogP contribution in [-0.2, 0) is 11.3 Å². The first-order valence-corrected chi connectivity index (χ1v) is 4.88. The van der Waals surface area contributed by atoms with Crippen LogP contribution in [0.15, 0.2) is 18.2 Å². The van der Waals surface area contributed by atoms with E-state index in [2.05, 4.69) is 0 Å². The summed E-state index contributed by atoms with van der Waals surface area (Å²) in [6, 6.07) is 5.59. The summed E-state index contributed by atoms with van der Waals surface area (Å²) in [7, 11) is 1.61. The average molecular weight is 210 g/mol. The Balaban J connectivity index is 2.56. The molecule has 0 bridgehead atoms. The van der Waals surface area contributed by atoms with Crippen molar-refractivity contribution in [3.8, 4) is 5.75 Å². The molecule has 15 heavy (non-hydrogen) atoms. The molecule has 4 nitrogen and oxygen atoms in total. The van der Waals surface area contributed by atoms with Gasteiger partial charge >= 0.3 is 0 Å². The van der Waals surface area contributed by atoms with Gasteiger partial charge in [0.1, 0.15) is 5.75 Å². The second-order valence-corrected chi connectivity index (χ2v) is 3.61. The summed E-state index contributed by atoms with van der Waals surface area (Å²) < 4.78 is 10.5. The van der Waals surface area contributed by atoms with E-state index in [4.69, 9.17) is 20.9 Å². The molecular weight excluding hydrogens is 192 g/mol. The maximum absolute atomic E-state index is 5.71. The standard InChI is InChI=1S/C11H18N2O2/c1-8(12)6-15-7-9-3-10(13)5-11(4-9)14-2/h3-5,8H,6-7,12-13H2,1-2H3. The largest absolute Gasteiger partial charge is 0.497 e. The topological polar surface area (TPSA) is 70.5 Å². The second-order valence-electron chi connectivity index (χ2n) is 3.61. The fourth-order valence-corrected chi connectivity index (χ4v) is 1.25. The molecule has 0 fully saturated rings. The third-order valence-corrected chi connectivity index (χ3v) is 1.87. The highest BCUT2D eigenvalue weighted by atomic mass is 16.5. The van der Waals surface area contributed by atoms with Crippen molar-refractivity contribution in [1.82, 2.24) is 0 Å². The summed E-state index contributed by atoms with van der Waals surface area (Å²) in [5.41, 5.74) is 12.9. The molecule has 1 aromatic carbocycles. The Hall–Kier alpha value is -1.26. The molecule has 0 aliphatic heterocycles. The molecule has 1 aromatic rings. The first kappa shape index (κ1) is 11.8. The van der Waals surface area contributed by atoms with E-state index in [1.54, 1.807) is 13.2 Å². The van der Waals surface area contributed by atoms with Crippen LogP contribution in [0.5, 0.6) is 5.75 Å². The zero-order valence-electron chi connectivity index (χ0n) is 9.19. The molecule has 0 aliphatic rings. The molecular formula is C11H18N2O2. The molecule has 0 saturated heterocycles. The van der Waals surface area contributed by atoms with Gasteiger partial charge in [0, 0.05) is 17.8 Å². The maximum atomic E-state index is 5.71. The summed E-state index contributed by atoms with van der Waals surface area (Å²) in [5, 5.41) is 0. The van der Waals surface area contributed by atoms with E-state index in [0.717, 1.165) is 11.3 Å². The number of anilines is 1. The van der Waals surface area contributed by atoms with Gasteiger partial charge in [0.2, 0.25) is 0 Å². The smallest absolute Gasteiger partial charge is 0.121 e. The van der Waals surface area contributed by atoms with E-state index in [9.17, 15) is 0 Å². The maximum Gasteiger partial charge on any atom is 0.121 e. The highest BCUT2D eigenvalue weighted by Crippen LogP contribution is 2.18. The van der Waals surface area contributed by atoms with Crippen molar-refractivity contribution < 1.29 is 9.47 Å². The molecule has 0 heterocycles. The van der Waals surface area contributed by atoms with Gasteiger partial charge in [-0.15, -0.1) is 0 Å². The lowest BCUT2D eigenvalue weighted by molar-refractivity contribution is 0.111. The van der Waals surface area contributed by atoms with Crippen molar-refractivity contribution in [3.63, 3.8) is 0 Å². The Bertz CT molecular complexity index is 313. The van der Waals surface area contributed by atoms with Crippen LogP contribution in [0.4, 0.5) is 5.69 Å². The highest BCUT2D eigenvalue weighted by Gasteiger charge is 2.00. The number of nitrogens with two attached hydrogens (primary N) is 2. The molecule has 0 aliphatic carbocycles. The highest BCUT2D eigenvalue weighted by molar-refractivity contribution is 5.47. The number of benzene rings is 1. The van der Waals surface area contributed by atoms with Gasteiger partial charge in [-0.25, -0.2) is 0 Å². The SMILES string of the molecule is COc1cc(N)cc(COCC(C)N)c1. The Morgan fingerprint density at radius 1 is 1.33 bits per heavy atom. The summed E-state index contributed by atoms with van der Waals surface area (Å²) >= 11 is 0. The van der Waals surface area contributed by atoms with Crippen LogP contribution < -0.4 is 16.2 Å². The van der Waals surface area contributed by atoms with Gasteiger partial charge in [0.25, 0.3) is 0 Å². The van der Waals surface area contributed by atoms with Crippen molar-refractivity contribution >= 4 is 5.69 Å². The van der Waals surface area contributed by atoms with Crippen molar-refractivity contribution in [2.24, 2.45) is 5.73 Å². The average Bonchev–Trinajstić information content (AvgIpc) is 2.16. The van der Waals surface area contributed by atoms with Crippen LogP contribution in [0.2, 0.25) is 0 Å². The van der Waals surface area contributed by atoms with E-state index in [1.165, 1.54) is 0 Å². The molecule has 0 spiro atoms. The van der Waals surface area contributed by atoms with Crippen LogP contribution in [0.1, 0.15) is 12.5 Å². The lowest BCUT2D eigenvalue weighted by Crippen LogP contribution is -2.21. The van der Waals surface area contributed by atoms with Crippen molar-refractivity contribution in [2.45, 2.75) is 19.6 Å². The molecule has 1 unspecified atom stereocenters. The lowest BCUT2D eigenvalue weighted by Gasteiger charge is -2.09. The van der Waals surface area contributed by atoms with Crippen LogP contribution >= 0.6 is 0 Å². The Morgan fingerprint density at radius 3 is 2.67 bits per heavy atom. The van der Waals surface area contributed by atoms with Gasteiger partial charge in [-0.1, -0.05) is 0 Å². The van der Waals surface area contributed by atoms with E-state index >= 15 is 0 Å². The number of rotatable bonds is 5. The van der Waals surface area contributed by atoms with Crippen molar-refractivity contribution in [1.29, 1.82) is 0 Å². The van der Waals surface area contributed by atoms with Crippen LogP contribution in [0, 0.1) is 0 Å². The quantitative estimate of drug-likeness (QED) is 0.715. The van der Waals surface area contributed by atoms with Crippen molar-refractivity contribution in [2.75, 3.05) is 19.5 Å². The number of hydrogen-bond acceptors (Lipinski definition) is 4. The first-order valence-electron chi connectivity index (χ1n) is 4.88. The zero-order chi connectivity index (χ0) is 11.3. The molecule has 4 heteroatoms. The number of methoxy groups -OCH3 is 1. The number of hydrogen-bond donors (Lipinski definition) is 2. The summed E-state index contributed by atoms with van der Waals surface area (Å²) in [4.78, 5) is 0. The van der Waals surface area contributed by atoms with Gasteiger partial charge in [0.05, 0.1) is 20.3 Å². The van der Waals surface area contributed by atoms with Gasteiger partial charge in [-0.3, -0.25) is 0 Å². The third kappa shape index (κ3) is 4.18. The van der Waals surface area contributed by atoms with E-state index in [1.807, 2.05) is 19.1 Å². The summed E-state index contributed by atoms with van der Waals surface area (Å²) in [6.07, 6.45) is 0. The number of ether oxygens (including phenoxy) is 2. The van der Waals surface area contributed by atoms with Gasteiger partial charge in [0.15, 0.2) is 0 Å². The molecule has 84 valence electrons. The Morgan fingerprint density at radius 2 is 2.07 bits per heavy atom. The molecule has 1 atom stereocenters. The molecule has 0 aromatic heterocycles. The predicted molar refractivity (Wildman–Crippen MR) is 60.7 cm³/mol. The van der Waals surface area contributed by atoms with E-state index < -0.39 is 0 Å². The predicted octanol–water partition coefficient (Wildman–Crippen LogP) is 1.14. The van der Waals surface area contributed by atoms with Gasteiger partial charge < -0.3 is 20.9 Å². The molecule has 0 amide bonds. The first-order chi connectivity index (χ1) is 7.11. The monoisotopic (exact) mass is 210 g/mol. The van der Waals surface area contributed by atoms with Crippen LogP contribution in [0.25, 0.3) is 0 Å². The van der Waals surface area contributed by atoms with Gasteiger partial charge in [-0.05, 0) is 24.6 Å². The minimum Gasteiger partial charge on any atom is -0.497 e. The van der Waals surface area contributed by atoms with Gasteiger partial charge in [-0.2, -0.15) is 0 Å². The zero-order valence-corrected chi connectivity index (χ0v) is 9.19.